The molecule has 3 aliphatic heterocycles. The summed E-state index contributed by atoms with van der Waals surface area (Å²) >= 11 is 0. The Morgan fingerprint density at radius 3 is 1.17 bits per heavy atom. The lowest BCUT2D eigenvalue weighted by Gasteiger charge is -2.48. The van der Waals surface area contributed by atoms with E-state index >= 15 is 0 Å². The summed E-state index contributed by atoms with van der Waals surface area (Å²) in [5.41, 5.74) is 0. The number of unbranched alkanes of at least 4 members (excludes halogenated alkanes) is 30. The van der Waals surface area contributed by atoms with Crippen LogP contribution in [0.25, 0.3) is 0 Å². The molecule has 0 aliphatic carbocycles. The van der Waals surface area contributed by atoms with Gasteiger partial charge in [0.2, 0.25) is 5.91 Å². The highest BCUT2D eigenvalue weighted by molar-refractivity contribution is 5.75. The third-order valence-corrected chi connectivity index (χ3v) is 15.6. The second kappa shape index (κ2) is 42.4. The molecular weight excluding hydrogens is 999 g/mol. The summed E-state index contributed by atoms with van der Waals surface area (Å²) in [6.07, 6.45) is 18.2. The fraction of sp³-hybridized carbons (Fsp3) is 0.948. The summed E-state index contributed by atoms with van der Waals surface area (Å²) < 4.78 is 33.8. The molecule has 0 saturated carbocycles. The maximum atomic E-state index is 12.4. The van der Waals surface area contributed by atoms with E-state index in [1.54, 1.807) is 13.0 Å². The van der Waals surface area contributed by atoms with E-state index in [1.165, 1.54) is 173 Å². The van der Waals surface area contributed by atoms with Crippen LogP contribution in [0, 0.1) is 0 Å². The third-order valence-electron chi connectivity index (χ3n) is 15.6. The molecule has 1 amide bonds. The molecule has 3 heterocycles. The van der Waals surface area contributed by atoms with Gasteiger partial charge in [0.05, 0.1) is 38.6 Å². The van der Waals surface area contributed by atoms with Crippen molar-refractivity contribution < 1.29 is 89.4 Å². The van der Waals surface area contributed by atoms with Crippen LogP contribution in [-0.4, -0.2) is 193 Å². The second-order valence-corrected chi connectivity index (χ2v) is 22.1. The van der Waals surface area contributed by atoms with E-state index in [-0.39, 0.29) is 18.9 Å². The zero-order valence-electron chi connectivity index (χ0n) is 47.2. The van der Waals surface area contributed by atoms with Gasteiger partial charge < -0.3 is 89.9 Å². The summed E-state index contributed by atoms with van der Waals surface area (Å²) in [5.74, 6) is -0.362. The minimum absolute atomic E-state index is 0.126. The largest absolute Gasteiger partial charge is 0.394 e. The Bertz CT molecular complexity index is 1460. The highest BCUT2D eigenvalue weighted by atomic mass is 16.8. The lowest BCUT2D eigenvalue weighted by Crippen LogP contribution is -2.66. The first kappa shape index (κ1) is 69.8. The average Bonchev–Trinajstić information content (AvgIpc) is 3.44. The Morgan fingerprint density at radius 2 is 0.792 bits per heavy atom. The van der Waals surface area contributed by atoms with E-state index in [0.29, 0.717) is 0 Å². The third kappa shape index (κ3) is 26.5. The maximum absolute atomic E-state index is 12.4. The van der Waals surface area contributed by atoms with Crippen molar-refractivity contribution in [2.75, 3.05) is 26.4 Å². The maximum Gasteiger partial charge on any atom is 0.220 e. The van der Waals surface area contributed by atoms with Gasteiger partial charge in [-0.2, -0.15) is 0 Å². The molecule has 454 valence electrons. The SMILES string of the molecule is CCCCCCCCCCCCCCCCCCCCCCCCCCCCCCCC/C=C/C(O)C(COC1OC(CO)C(OC2OC(CO)C(OC3OC(CO)C(O)C(O)C3O)C(O)C2O)C(O)C1O)NC(=O)CC. The Balaban J connectivity index is 1.24. The summed E-state index contributed by atoms with van der Waals surface area (Å²) in [4.78, 5) is 12.4. The highest BCUT2D eigenvalue weighted by Gasteiger charge is 2.53. The van der Waals surface area contributed by atoms with Gasteiger partial charge in [-0.15, -0.1) is 0 Å². The lowest BCUT2D eigenvalue weighted by atomic mass is 9.96. The van der Waals surface area contributed by atoms with Gasteiger partial charge in [0.15, 0.2) is 18.9 Å². The Labute approximate surface area is 461 Å². The van der Waals surface area contributed by atoms with E-state index in [4.69, 9.17) is 28.4 Å². The number of amides is 1. The Kier molecular flexibility index (Phi) is 38.4. The number of ether oxygens (including phenoxy) is 6. The van der Waals surface area contributed by atoms with Gasteiger partial charge in [-0.05, 0) is 12.8 Å². The molecule has 3 rings (SSSR count). The molecule has 19 heteroatoms. The van der Waals surface area contributed by atoms with Gasteiger partial charge in [-0.1, -0.05) is 212 Å². The van der Waals surface area contributed by atoms with E-state index < -0.39 is 124 Å². The first-order valence-electron chi connectivity index (χ1n) is 30.4. The lowest BCUT2D eigenvalue weighted by molar-refractivity contribution is -0.379. The summed E-state index contributed by atoms with van der Waals surface area (Å²) in [6.45, 7) is 1.16. The van der Waals surface area contributed by atoms with Crippen molar-refractivity contribution in [3.63, 3.8) is 0 Å². The molecule has 3 fully saturated rings. The predicted octanol–water partition coefficient (Wildman–Crippen LogP) is 5.38. The van der Waals surface area contributed by atoms with Crippen molar-refractivity contribution in [3.8, 4) is 0 Å². The zero-order chi connectivity index (χ0) is 56.2. The standard InChI is InChI=1S/C58H109NO18/c1-3-5-6-7-8-9-10-11-12-13-14-15-16-17-18-19-20-21-22-23-24-25-26-27-28-29-30-31-32-33-34-35-36-42(63)41(59-46(64)4-2)40-72-56-52(70)49(67)54(44(38-61)74-56)77-58-53(71)50(68)55(45(39-62)75-58)76-57-51(69)48(66)47(65)43(37-60)73-57/h35-36,41-45,47-58,60-63,65-71H,3-34,37-40H2,1-2H3,(H,59,64)/b36-35+. The van der Waals surface area contributed by atoms with Gasteiger partial charge in [-0.25, -0.2) is 0 Å². The highest BCUT2D eigenvalue weighted by Crippen LogP contribution is 2.33. The fourth-order valence-electron chi connectivity index (χ4n) is 10.6. The summed E-state index contributed by atoms with van der Waals surface area (Å²) in [5, 5.41) is 119. The predicted molar refractivity (Wildman–Crippen MR) is 291 cm³/mol. The molecule has 77 heavy (non-hydrogen) atoms. The van der Waals surface area contributed by atoms with Gasteiger partial charge in [0.1, 0.15) is 73.2 Å². The van der Waals surface area contributed by atoms with Crippen LogP contribution >= 0.6 is 0 Å². The number of aliphatic hydroxyl groups excluding tert-OH is 11. The molecule has 0 aromatic carbocycles. The van der Waals surface area contributed by atoms with Crippen LogP contribution in [0.4, 0.5) is 0 Å². The number of nitrogens with one attached hydrogen (secondary N) is 1. The van der Waals surface area contributed by atoms with Crippen LogP contribution in [0.3, 0.4) is 0 Å². The Morgan fingerprint density at radius 1 is 0.455 bits per heavy atom. The summed E-state index contributed by atoms with van der Waals surface area (Å²) in [6, 6.07) is -0.965. The van der Waals surface area contributed by atoms with E-state index in [1.807, 2.05) is 6.08 Å². The van der Waals surface area contributed by atoms with E-state index in [0.717, 1.165) is 25.7 Å². The minimum atomic E-state index is -1.97. The van der Waals surface area contributed by atoms with Crippen molar-refractivity contribution in [2.24, 2.45) is 0 Å². The van der Waals surface area contributed by atoms with Crippen LogP contribution < -0.4 is 5.32 Å². The van der Waals surface area contributed by atoms with Gasteiger partial charge in [0, 0.05) is 6.42 Å². The fourth-order valence-corrected chi connectivity index (χ4v) is 10.6. The zero-order valence-corrected chi connectivity index (χ0v) is 47.2. The number of rotatable bonds is 45. The van der Waals surface area contributed by atoms with Gasteiger partial charge in [-0.3, -0.25) is 4.79 Å². The smallest absolute Gasteiger partial charge is 0.220 e. The van der Waals surface area contributed by atoms with Crippen LogP contribution in [0.5, 0.6) is 0 Å². The molecule has 12 N–H and O–H groups in total. The van der Waals surface area contributed by atoms with Gasteiger partial charge >= 0.3 is 0 Å². The molecule has 0 radical (unpaired) electrons. The topological polar surface area (TPSA) is 307 Å². The molecule has 0 aromatic heterocycles. The van der Waals surface area contributed by atoms with Crippen molar-refractivity contribution in [1.29, 1.82) is 0 Å². The summed E-state index contributed by atoms with van der Waals surface area (Å²) in [7, 11) is 0. The monoisotopic (exact) mass is 1110 g/mol. The van der Waals surface area contributed by atoms with Crippen LogP contribution in [-0.2, 0) is 33.2 Å². The van der Waals surface area contributed by atoms with Crippen molar-refractivity contribution >= 4 is 5.91 Å². The number of carbonyl (C=O) groups excluding carboxylic acids is 1. The van der Waals surface area contributed by atoms with Gasteiger partial charge in [0.25, 0.3) is 0 Å². The number of hydrogen-bond donors (Lipinski definition) is 12. The number of carbonyl (C=O) groups is 1. The second-order valence-electron chi connectivity index (χ2n) is 22.1. The first-order valence-corrected chi connectivity index (χ1v) is 30.4. The molecule has 3 saturated heterocycles. The van der Waals surface area contributed by atoms with Crippen molar-refractivity contribution in [1.82, 2.24) is 5.32 Å². The average molecular weight is 1110 g/mol. The van der Waals surface area contributed by atoms with Crippen molar-refractivity contribution in [3.05, 3.63) is 12.2 Å². The molecule has 17 unspecified atom stereocenters. The van der Waals surface area contributed by atoms with Crippen LogP contribution in [0.1, 0.15) is 219 Å². The number of hydrogen-bond acceptors (Lipinski definition) is 18. The molecular formula is C58H109NO18. The molecule has 0 aromatic rings. The number of allylic oxidation sites excluding steroid dienone is 1. The van der Waals surface area contributed by atoms with E-state index in [2.05, 4.69) is 12.2 Å². The molecule has 3 aliphatic rings. The van der Waals surface area contributed by atoms with Crippen LogP contribution in [0.2, 0.25) is 0 Å². The number of aliphatic hydroxyl groups is 11. The molecule has 0 spiro atoms. The normalized spacial score (nSPS) is 30.7. The molecule has 19 nitrogen and oxygen atoms in total. The van der Waals surface area contributed by atoms with Crippen molar-refractivity contribution in [2.45, 2.75) is 324 Å². The minimum Gasteiger partial charge on any atom is -0.394 e. The molecule has 0 bridgehead atoms. The van der Waals surface area contributed by atoms with E-state index in [9.17, 15) is 61.0 Å². The quantitative estimate of drug-likeness (QED) is 0.0269. The molecule has 17 atom stereocenters. The Hall–Kier alpha value is -1.47. The van der Waals surface area contributed by atoms with Crippen LogP contribution in [0.15, 0.2) is 12.2 Å². The first-order chi connectivity index (χ1) is 37.3.